The Morgan fingerprint density at radius 2 is 1.81 bits per heavy atom. The maximum atomic E-state index is 13.6. The lowest BCUT2D eigenvalue weighted by Gasteiger charge is -2.30. The van der Waals surface area contributed by atoms with Crippen molar-refractivity contribution >= 4 is 29.2 Å². The number of ketones is 1. The van der Waals surface area contributed by atoms with E-state index in [9.17, 15) is 19.2 Å². The molecule has 1 aromatic carbocycles. The number of anilines is 1. The zero-order valence-corrected chi connectivity index (χ0v) is 17.9. The van der Waals surface area contributed by atoms with E-state index < -0.39 is 12.1 Å². The summed E-state index contributed by atoms with van der Waals surface area (Å²) in [5.41, 5.74) is 1.02. The molecule has 0 unspecified atom stereocenters. The van der Waals surface area contributed by atoms with Crippen LogP contribution in [-0.2, 0) is 19.1 Å². The molecule has 2 saturated heterocycles. The van der Waals surface area contributed by atoms with Crippen LogP contribution in [0.3, 0.4) is 0 Å². The first-order valence-corrected chi connectivity index (χ1v) is 11.0. The summed E-state index contributed by atoms with van der Waals surface area (Å²) >= 11 is 0. The average Bonchev–Trinajstić information content (AvgIpc) is 3.46. The first-order chi connectivity index (χ1) is 14.8. The van der Waals surface area contributed by atoms with Gasteiger partial charge in [0.2, 0.25) is 11.8 Å². The second-order valence-corrected chi connectivity index (χ2v) is 8.91. The van der Waals surface area contributed by atoms with E-state index in [2.05, 4.69) is 10.6 Å². The van der Waals surface area contributed by atoms with Gasteiger partial charge in [0.05, 0.1) is 6.10 Å². The molecule has 8 nitrogen and oxygen atoms in total. The van der Waals surface area contributed by atoms with Gasteiger partial charge >= 0.3 is 0 Å². The van der Waals surface area contributed by atoms with Gasteiger partial charge in [0.1, 0.15) is 18.7 Å². The van der Waals surface area contributed by atoms with Gasteiger partial charge in [0, 0.05) is 30.6 Å². The largest absolute Gasteiger partial charge is 0.367 e. The van der Waals surface area contributed by atoms with Crippen molar-refractivity contribution in [3.05, 3.63) is 29.8 Å². The molecule has 1 aromatic rings. The number of rotatable bonds is 5. The first kappa shape index (κ1) is 21.5. The highest BCUT2D eigenvalue weighted by atomic mass is 16.5. The molecule has 0 radical (unpaired) electrons. The van der Waals surface area contributed by atoms with E-state index >= 15 is 0 Å². The van der Waals surface area contributed by atoms with E-state index in [4.69, 9.17) is 4.74 Å². The third-order valence-electron chi connectivity index (χ3n) is 6.61. The Bertz CT molecular complexity index is 878. The number of benzene rings is 1. The second-order valence-electron chi connectivity index (χ2n) is 8.91. The van der Waals surface area contributed by atoms with Crippen molar-refractivity contribution in [2.24, 2.45) is 11.8 Å². The Labute approximate surface area is 181 Å². The minimum atomic E-state index is -0.663. The molecule has 31 heavy (non-hydrogen) atoms. The van der Waals surface area contributed by atoms with E-state index in [0.29, 0.717) is 17.8 Å². The van der Waals surface area contributed by atoms with Crippen LogP contribution in [-0.4, -0.2) is 59.7 Å². The van der Waals surface area contributed by atoms with Gasteiger partial charge in [0.25, 0.3) is 5.91 Å². The fourth-order valence-corrected chi connectivity index (χ4v) is 5.10. The molecule has 3 amide bonds. The highest BCUT2D eigenvalue weighted by Crippen LogP contribution is 2.34. The van der Waals surface area contributed by atoms with Crippen molar-refractivity contribution in [1.29, 1.82) is 0 Å². The molecule has 3 aliphatic rings. The summed E-state index contributed by atoms with van der Waals surface area (Å²) in [6, 6.07) is 5.36. The van der Waals surface area contributed by atoms with Crippen LogP contribution < -0.4 is 10.6 Å². The number of hydrogen-bond donors (Lipinski definition) is 2. The Balaban J connectivity index is 1.51. The Morgan fingerprint density at radius 3 is 2.45 bits per heavy atom. The lowest BCUT2D eigenvalue weighted by atomic mass is 9.95. The molecule has 0 aromatic heterocycles. The maximum absolute atomic E-state index is 13.6. The van der Waals surface area contributed by atoms with Crippen LogP contribution in [0.4, 0.5) is 5.69 Å². The summed E-state index contributed by atoms with van der Waals surface area (Å²) in [5.74, 6) is -0.630. The summed E-state index contributed by atoms with van der Waals surface area (Å²) in [5, 5.41) is 5.62. The number of nitrogens with one attached hydrogen (secondary N) is 2. The fraction of sp³-hybridized carbons (Fsp3) is 0.565. The topological polar surface area (TPSA) is 105 Å². The number of amides is 3. The molecule has 2 heterocycles. The molecule has 4 atom stereocenters. The minimum Gasteiger partial charge on any atom is -0.367 e. The average molecular weight is 428 g/mol. The van der Waals surface area contributed by atoms with Gasteiger partial charge in [-0.15, -0.1) is 0 Å². The smallest absolute Gasteiger partial charge is 0.251 e. The quantitative estimate of drug-likeness (QED) is 0.745. The summed E-state index contributed by atoms with van der Waals surface area (Å²) < 4.78 is 5.62. The highest BCUT2D eigenvalue weighted by Gasteiger charge is 2.52. The number of likely N-dealkylation sites (tertiary alicyclic amines) is 1. The van der Waals surface area contributed by atoms with E-state index in [1.807, 2.05) is 6.92 Å². The number of nitrogens with zero attached hydrogens (tertiary/aromatic N) is 1. The standard InChI is InChI=1S/C23H29N3O5/c1-13-11-26(20-18(28)12-31-21(13)20)23(30)19(15-5-3-4-6-15)25-22(29)16-7-9-17(10-8-16)24-14(2)27/h7-10,13,15,19-21H,3-6,11-12H2,1-2H3,(H,24,27)(H,25,29)/t13-,19-,20+,21+/m0/s1. The molecule has 8 heteroatoms. The van der Waals surface area contributed by atoms with E-state index in [-0.39, 0.29) is 48.1 Å². The van der Waals surface area contributed by atoms with Gasteiger partial charge in [-0.1, -0.05) is 19.8 Å². The number of hydrogen-bond acceptors (Lipinski definition) is 5. The normalized spacial score (nSPS) is 26.6. The van der Waals surface area contributed by atoms with Crippen molar-refractivity contribution in [3.8, 4) is 0 Å². The van der Waals surface area contributed by atoms with Gasteiger partial charge in [-0.05, 0) is 43.0 Å². The molecular formula is C23H29N3O5. The summed E-state index contributed by atoms with van der Waals surface area (Å²) in [7, 11) is 0. The number of fused-ring (bicyclic) bond motifs is 1. The molecule has 166 valence electrons. The summed E-state index contributed by atoms with van der Waals surface area (Å²) in [6.07, 6.45) is 3.55. The lowest BCUT2D eigenvalue weighted by Crippen LogP contribution is -2.54. The highest BCUT2D eigenvalue weighted by molar-refractivity contribution is 6.00. The molecule has 1 saturated carbocycles. The van der Waals surface area contributed by atoms with Crippen LogP contribution in [0.25, 0.3) is 0 Å². The number of carbonyl (C=O) groups excluding carboxylic acids is 4. The van der Waals surface area contributed by atoms with E-state index in [0.717, 1.165) is 25.7 Å². The van der Waals surface area contributed by atoms with Crippen LogP contribution in [0.5, 0.6) is 0 Å². The van der Waals surface area contributed by atoms with Crippen molar-refractivity contribution in [2.75, 3.05) is 18.5 Å². The minimum absolute atomic E-state index is 0.0462. The second kappa shape index (κ2) is 8.78. The molecule has 0 spiro atoms. The summed E-state index contributed by atoms with van der Waals surface area (Å²) in [4.78, 5) is 51.7. The Morgan fingerprint density at radius 1 is 1.13 bits per heavy atom. The van der Waals surface area contributed by atoms with Crippen molar-refractivity contribution < 1.29 is 23.9 Å². The van der Waals surface area contributed by atoms with Crippen LogP contribution in [0.15, 0.2) is 24.3 Å². The zero-order chi connectivity index (χ0) is 22.1. The molecule has 2 N–H and O–H groups in total. The van der Waals surface area contributed by atoms with E-state index in [1.165, 1.54) is 6.92 Å². The summed E-state index contributed by atoms with van der Waals surface area (Å²) in [6.45, 7) is 3.92. The first-order valence-electron chi connectivity index (χ1n) is 11.0. The predicted octanol–water partition coefficient (Wildman–Crippen LogP) is 1.75. The zero-order valence-electron chi connectivity index (χ0n) is 17.9. The molecular weight excluding hydrogens is 398 g/mol. The van der Waals surface area contributed by atoms with Crippen molar-refractivity contribution in [3.63, 3.8) is 0 Å². The molecule has 0 bridgehead atoms. The number of carbonyl (C=O) groups is 4. The van der Waals surface area contributed by atoms with Crippen LogP contribution in [0.2, 0.25) is 0 Å². The fourth-order valence-electron chi connectivity index (χ4n) is 5.10. The monoisotopic (exact) mass is 427 g/mol. The predicted molar refractivity (Wildman–Crippen MR) is 113 cm³/mol. The van der Waals surface area contributed by atoms with Gasteiger partial charge in [-0.25, -0.2) is 0 Å². The maximum Gasteiger partial charge on any atom is 0.251 e. The van der Waals surface area contributed by atoms with Crippen LogP contribution in [0, 0.1) is 11.8 Å². The van der Waals surface area contributed by atoms with Crippen molar-refractivity contribution in [1.82, 2.24) is 10.2 Å². The lowest BCUT2D eigenvalue weighted by molar-refractivity contribution is -0.139. The molecule has 2 aliphatic heterocycles. The molecule has 1 aliphatic carbocycles. The molecule has 4 rings (SSSR count). The van der Waals surface area contributed by atoms with Crippen LogP contribution >= 0.6 is 0 Å². The van der Waals surface area contributed by atoms with Crippen molar-refractivity contribution in [2.45, 2.75) is 57.7 Å². The third kappa shape index (κ3) is 4.35. The molecule has 3 fully saturated rings. The Kier molecular flexibility index (Phi) is 6.09. The van der Waals surface area contributed by atoms with Gasteiger partial charge < -0.3 is 20.3 Å². The third-order valence-corrected chi connectivity index (χ3v) is 6.61. The van der Waals surface area contributed by atoms with Gasteiger partial charge in [-0.2, -0.15) is 0 Å². The van der Waals surface area contributed by atoms with E-state index in [1.54, 1.807) is 29.2 Å². The Hall–Kier alpha value is -2.74. The number of ether oxygens (including phenoxy) is 1. The van der Waals surface area contributed by atoms with Gasteiger partial charge in [0.15, 0.2) is 5.78 Å². The number of Topliss-reactive ketones (excluding diaryl/α,β-unsaturated/α-hetero) is 1. The van der Waals surface area contributed by atoms with Crippen LogP contribution in [0.1, 0.15) is 49.9 Å². The van der Waals surface area contributed by atoms with Gasteiger partial charge in [-0.3, -0.25) is 19.2 Å². The SMILES string of the molecule is CC(=O)Nc1ccc(C(=O)N[C@H](C(=O)N2C[C@H](C)[C@H]3OCC(=O)[C@H]32)C2CCCC2)cc1.